The smallest absolute Gasteiger partial charge is 0.149 e. The average molecular weight is 301 g/mol. The standard InChI is InChI=1S/C17H17F2N3/c1-12-4-3-5-14(16(12)19)17-15(18)8-13(9-20-17)10-22-7-6-21(2)11-22/h3-9H,10-11H2,1-2H3. The van der Waals surface area contributed by atoms with Crippen molar-refractivity contribution in [3.05, 3.63) is 65.6 Å². The molecule has 0 spiro atoms. The zero-order valence-electron chi connectivity index (χ0n) is 12.6. The maximum absolute atomic E-state index is 14.3. The molecule has 0 unspecified atom stereocenters. The average Bonchev–Trinajstić information content (AvgIpc) is 2.88. The van der Waals surface area contributed by atoms with Crippen LogP contribution in [0.1, 0.15) is 11.1 Å². The summed E-state index contributed by atoms with van der Waals surface area (Å²) in [6.45, 7) is 2.98. The fourth-order valence-electron chi connectivity index (χ4n) is 2.52. The number of rotatable bonds is 3. The highest BCUT2D eigenvalue weighted by Crippen LogP contribution is 2.26. The van der Waals surface area contributed by atoms with Crippen LogP contribution >= 0.6 is 0 Å². The van der Waals surface area contributed by atoms with Gasteiger partial charge in [-0.2, -0.15) is 0 Å². The summed E-state index contributed by atoms with van der Waals surface area (Å²) in [6, 6.07) is 6.33. The predicted molar refractivity (Wildman–Crippen MR) is 81.6 cm³/mol. The summed E-state index contributed by atoms with van der Waals surface area (Å²) in [7, 11) is 1.97. The summed E-state index contributed by atoms with van der Waals surface area (Å²) >= 11 is 0. The van der Waals surface area contributed by atoms with E-state index in [1.807, 2.05) is 29.2 Å². The molecule has 0 N–H and O–H groups in total. The monoisotopic (exact) mass is 301 g/mol. The van der Waals surface area contributed by atoms with Crippen LogP contribution in [0.3, 0.4) is 0 Å². The van der Waals surface area contributed by atoms with E-state index in [-0.39, 0.29) is 11.3 Å². The first-order chi connectivity index (χ1) is 10.5. The van der Waals surface area contributed by atoms with Gasteiger partial charge in [0.1, 0.15) is 17.3 Å². The van der Waals surface area contributed by atoms with Crippen LogP contribution in [0, 0.1) is 18.6 Å². The molecule has 1 aliphatic heterocycles. The zero-order valence-corrected chi connectivity index (χ0v) is 12.6. The molecule has 5 heteroatoms. The molecule has 0 radical (unpaired) electrons. The molecule has 0 fully saturated rings. The van der Waals surface area contributed by atoms with E-state index in [0.717, 1.165) is 12.2 Å². The first-order valence-corrected chi connectivity index (χ1v) is 7.07. The number of hydrogen-bond acceptors (Lipinski definition) is 3. The fraction of sp³-hybridized carbons (Fsp3) is 0.235. The molecular formula is C17H17F2N3. The maximum Gasteiger partial charge on any atom is 0.149 e. The number of aromatic nitrogens is 1. The van der Waals surface area contributed by atoms with Gasteiger partial charge >= 0.3 is 0 Å². The van der Waals surface area contributed by atoms with Gasteiger partial charge in [0.05, 0.1) is 6.67 Å². The molecule has 1 aromatic carbocycles. The van der Waals surface area contributed by atoms with Crippen molar-refractivity contribution in [2.24, 2.45) is 0 Å². The Morgan fingerprint density at radius 1 is 1.23 bits per heavy atom. The van der Waals surface area contributed by atoms with E-state index in [2.05, 4.69) is 4.98 Å². The lowest BCUT2D eigenvalue weighted by Gasteiger charge is -2.18. The molecule has 3 nitrogen and oxygen atoms in total. The Labute approximate surface area is 128 Å². The van der Waals surface area contributed by atoms with E-state index in [4.69, 9.17) is 0 Å². The minimum Gasteiger partial charge on any atom is -0.362 e. The van der Waals surface area contributed by atoms with Crippen molar-refractivity contribution >= 4 is 0 Å². The van der Waals surface area contributed by atoms with Crippen LogP contribution < -0.4 is 0 Å². The van der Waals surface area contributed by atoms with E-state index in [1.54, 1.807) is 31.3 Å². The van der Waals surface area contributed by atoms with E-state index in [1.165, 1.54) is 6.07 Å². The van der Waals surface area contributed by atoms with Crippen LogP contribution in [0.2, 0.25) is 0 Å². The molecule has 2 heterocycles. The van der Waals surface area contributed by atoms with Gasteiger partial charge in [0.15, 0.2) is 0 Å². The van der Waals surface area contributed by atoms with E-state index in [9.17, 15) is 8.78 Å². The third-order valence-corrected chi connectivity index (χ3v) is 3.67. The van der Waals surface area contributed by atoms with Gasteiger partial charge in [-0.05, 0) is 30.2 Å². The lowest BCUT2D eigenvalue weighted by atomic mass is 10.1. The SMILES string of the molecule is Cc1cccc(-c2ncc(CN3C=CN(C)C3)cc2F)c1F. The molecule has 114 valence electrons. The minimum atomic E-state index is -0.501. The second-order valence-corrected chi connectivity index (χ2v) is 5.55. The Morgan fingerprint density at radius 2 is 2.05 bits per heavy atom. The minimum absolute atomic E-state index is 0.0547. The summed E-state index contributed by atoms with van der Waals surface area (Å²) < 4.78 is 28.4. The van der Waals surface area contributed by atoms with Crippen molar-refractivity contribution < 1.29 is 8.78 Å². The topological polar surface area (TPSA) is 19.4 Å². The first-order valence-electron chi connectivity index (χ1n) is 7.07. The molecule has 3 rings (SSSR count). The highest BCUT2D eigenvalue weighted by Gasteiger charge is 2.15. The Bertz CT molecular complexity index is 728. The normalized spacial score (nSPS) is 14.0. The molecule has 0 amide bonds. The lowest BCUT2D eigenvalue weighted by Crippen LogP contribution is -2.22. The van der Waals surface area contributed by atoms with Gasteiger partial charge in [0.25, 0.3) is 0 Å². The number of hydrogen-bond donors (Lipinski definition) is 0. The molecule has 22 heavy (non-hydrogen) atoms. The fourth-order valence-corrected chi connectivity index (χ4v) is 2.52. The second kappa shape index (κ2) is 5.75. The van der Waals surface area contributed by atoms with Crippen molar-refractivity contribution in [3.63, 3.8) is 0 Å². The van der Waals surface area contributed by atoms with Crippen LogP contribution in [-0.2, 0) is 6.54 Å². The van der Waals surface area contributed by atoms with E-state index in [0.29, 0.717) is 12.1 Å². The largest absolute Gasteiger partial charge is 0.362 e. The van der Waals surface area contributed by atoms with Crippen LogP contribution in [0.25, 0.3) is 11.3 Å². The molecule has 1 aliphatic rings. The Hall–Kier alpha value is -2.43. The van der Waals surface area contributed by atoms with E-state index < -0.39 is 11.6 Å². The second-order valence-electron chi connectivity index (χ2n) is 5.55. The van der Waals surface area contributed by atoms with Crippen LogP contribution in [0.4, 0.5) is 8.78 Å². The zero-order chi connectivity index (χ0) is 15.7. The summed E-state index contributed by atoms with van der Waals surface area (Å²) in [5.74, 6) is -0.927. The number of nitrogens with zero attached hydrogens (tertiary/aromatic N) is 3. The lowest BCUT2D eigenvalue weighted by molar-refractivity contribution is 0.290. The Balaban J connectivity index is 1.86. The van der Waals surface area contributed by atoms with Gasteiger partial charge in [-0.3, -0.25) is 4.98 Å². The van der Waals surface area contributed by atoms with Crippen LogP contribution in [-0.4, -0.2) is 28.5 Å². The summed E-state index contributed by atoms with van der Waals surface area (Å²) in [4.78, 5) is 8.21. The quantitative estimate of drug-likeness (QED) is 0.865. The predicted octanol–water partition coefficient (Wildman–Crippen LogP) is 3.51. The molecule has 0 bridgehead atoms. The van der Waals surface area contributed by atoms with Gasteiger partial charge < -0.3 is 9.80 Å². The molecule has 0 atom stereocenters. The summed E-state index contributed by atoms with van der Waals surface area (Å²) in [6.07, 6.45) is 5.51. The van der Waals surface area contributed by atoms with Gasteiger partial charge in [0.2, 0.25) is 0 Å². The number of halogens is 2. The first kappa shape index (κ1) is 14.5. The summed E-state index contributed by atoms with van der Waals surface area (Å²) in [5, 5.41) is 0. The third-order valence-electron chi connectivity index (χ3n) is 3.67. The van der Waals surface area contributed by atoms with Crippen molar-refractivity contribution in [3.8, 4) is 11.3 Å². The van der Waals surface area contributed by atoms with Crippen LogP contribution in [0.5, 0.6) is 0 Å². The van der Waals surface area contributed by atoms with Crippen molar-refractivity contribution in [2.75, 3.05) is 13.7 Å². The van der Waals surface area contributed by atoms with Crippen molar-refractivity contribution in [2.45, 2.75) is 13.5 Å². The van der Waals surface area contributed by atoms with Gasteiger partial charge in [-0.25, -0.2) is 8.78 Å². The van der Waals surface area contributed by atoms with Gasteiger partial charge in [0, 0.05) is 37.8 Å². The molecule has 2 aromatic rings. The third kappa shape index (κ3) is 2.79. The molecular weight excluding hydrogens is 284 g/mol. The van der Waals surface area contributed by atoms with Gasteiger partial charge in [-0.15, -0.1) is 0 Å². The summed E-state index contributed by atoms with van der Waals surface area (Å²) in [5.41, 5.74) is 1.49. The number of benzene rings is 1. The number of aryl methyl sites for hydroxylation is 1. The highest BCUT2D eigenvalue weighted by atomic mass is 19.1. The maximum atomic E-state index is 14.3. The number of pyridine rings is 1. The molecule has 1 aromatic heterocycles. The molecule has 0 aliphatic carbocycles. The highest BCUT2D eigenvalue weighted by molar-refractivity contribution is 5.61. The van der Waals surface area contributed by atoms with Gasteiger partial charge in [-0.1, -0.05) is 12.1 Å². The molecule has 0 saturated heterocycles. The van der Waals surface area contributed by atoms with E-state index >= 15 is 0 Å². The Morgan fingerprint density at radius 3 is 2.73 bits per heavy atom. The Kier molecular flexibility index (Phi) is 3.79. The molecule has 0 saturated carbocycles. The van der Waals surface area contributed by atoms with Crippen molar-refractivity contribution in [1.29, 1.82) is 0 Å². The van der Waals surface area contributed by atoms with Crippen LogP contribution in [0.15, 0.2) is 42.9 Å². The van der Waals surface area contributed by atoms with Crippen molar-refractivity contribution in [1.82, 2.24) is 14.8 Å².